The monoisotopic (exact) mass is 511 g/mol. The molecule has 2 aromatic carbocycles. The molecule has 7 rings (SSSR count). The van der Waals surface area contributed by atoms with Gasteiger partial charge >= 0.3 is 0 Å². The van der Waals surface area contributed by atoms with Gasteiger partial charge in [0.05, 0.1) is 11.4 Å². The van der Waals surface area contributed by atoms with Gasteiger partial charge in [-0.15, -0.1) is 15.3 Å². The highest BCUT2D eigenvalue weighted by molar-refractivity contribution is 5.68. The van der Waals surface area contributed by atoms with Crippen LogP contribution in [0, 0.1) is 11.7 Å². The van der Waals surface area contributed by atoms with Gasteiger partial charge in [-0.2, -0.15) is 9.67 Å². The number of anilines is 4. The van der Waals surface area contributed by atoms with Crippen LogP contribution in [0.4, 0.5) is 27.7 Å². The number of halogens is 1. The van der Waals surface area contributed by atoms with Crippen LogP contribution in [0.15, 0.2) is 48.5 Å². The van der Waals surface area contributed by atoms with Crippen LogP contribution < -0.4 is 16.0 Å². The molecular formula is C28H30FN9. The fourth-order valence-electron chi connectivity index (χ4n) is 6.26. The molecule has 0 saturated carbocycles. The summed E-state index contributed by atoms with van der Waals surface area (Å²) in [5.74, 6) is 1.31. The van der Waals surface area contributed by atoms with E-state index in [0.717, 1.165) is 55.7 Å². The number of aryl methyl sites for hydroxylation is 2. The SMILES string of the molecule is CN1CCC2CN(c3ccc(Nc4nc(N)n(-c5cc6c(nn5)-c5ccccc5CCC6)n4)cc3F)CC21. The highest BCUT2D eigenvalue weighted by Gasteiger charge is 2.40. The Labute approximate surface area is 220 Å². The Balaban J connectivity index is 1.11. The zero-order chi connectivity index (χ0) is 25.8. The molecule has 10 heteroatoms. The topological polar surface area (TPSA) is 101 Å². The number of rotatable bonds is 4. The van der Waals surface area contributed by atoms with E-state index >= 15 is 4.39 Å². The van der Waals surface area contributed by atoms with Gasteiger partial charge in [-0.25, -0.2) is 4.39 Å². The molecule has 2 atom stereocenters. The Kier molecular flexibility index (Phi) is 5.50. The number of fused-ring (bicyclic) bond motifs is 4. The lowest BCUT2D eigenvalue weighted by Crippen LogP contribution is -2.32. The second-order valence-electron chi connectivity index (χ2n) is 10.6. The molecule has 0 bridgehead atoms. The van der Waals surface area contributed by atoms with E-state index < -0.39 is 0 Å². The minimum atomic E-state index is -0.262. The third-order valence-corrected chi connectivity index (χ3v) is 8.24. The Bertz CT molecular complexity index is 1520. The molecule has 4 heterocycles. The maximum atomic E-state index is 15.1. The van der Waals surface area contributed by atoms with Crippen LogP contribution in [0.5, 0.6) is 0 Å². The van der Waals surface area contributed by atoms with Gasteiger partial charge < -0.3 is 20.9 Å². The Hall–Kier alpha value is -4.05. The number of aromatic nitrogens is 5. The van der Waals surface area contributed by atoms with Gasteiger partial charge in [-0.05, 0) is 80.6 Å². The summed E-state index contributed by atoms with van der Waals surface area (Å²) in [6.07, 6.45) is 4.11. The minimum absolute atomic E-state index is 0.181. The number of likely N-dealkylation sites (tertiary alicyclic amines) is 1. The van der Waals surface area contributed by atoms with Crippen molar-refractivity contribution in [3.8, 4) is 17.1 Å². The number of likely N-dealkylation sites (N-methyl/N-ethyl adjacent to an activating group) is 1. The predicted octanol–water partition coefficient (Wildman–Crippen LogP) is 3.82. The summed E-state index contributed by atoms with van der Waals surface area (Å²) >= 11 is 0. The van der Waals surface area contributed by atoms with Gasteiger partial charge in [0.15, 0.2) is 5.82 Å². The molecule has 1 aliphatic carbocycles. The van der Waals surface area contributed by atoms with Gasteiger partial charge in [0.2, 0.25) is 11.9 Å². The van der Waals surface area contributed by atoms with Gasteiger partial charge in [-0.1, -0.05) is 24.3 Å². The standard InChI is InChI=1S/C28H30FN9/c1-36-12-11-19-15-37(16-24(19)36)23-10-9-20(14-22(23)29)31-28-32-27(30)38(35-28)25-13-18-7-4-6-17-5-2-3-8-21(17)26(18)34-33-25/h2-3,5,8-10,13-14,19,24H,4,6-7,11-12,15-16H2,1H3,(H3,30,31,32,35). The molecule has 0 amide bonds. The van der Waals surface area contributed by atoms with Crippen molar-refractivity contribution in [1.82, 2.24) is 29.9 Å². The summed E-state index contributed by atoms with van der Waals surface area (Å²) in [6, 6.07) is 16.0. The first kappa shape index (κ1) is 23.1. The quantitative estimate of drug-likeness (QED) is 0.427. The van der Waals surface area contributed by atoms with Gasteiger partial charge in [0.25, 0.3) is 0 Å². The summed E-state index contributed by atoms with van der Waals surface area (Å²) in [4.78, 5) is 8.88. The minimum Gasteiger partial charge on any atom is -0.368 e. The number of nitrogens with two attached hydrogens (primary N) is 1. The molecule has 3 aliphatic rings. The van der Waals surface area contributed by atoms with Crippen LogP contribution in [0.3, 0.4) is 0 Å². The molecule has 2 saturated heterocycles. The molecule has 2 fully saturated rings. The van der Waals surface area contributed by atoms with Crippen molar-refractivity contribution >= 4 is 23.3 Å². The first-order valence-corrected chi connectivity index (χ1v) is 13.2. The number of benzene rings is 2. The first-order chi connectivity index (χ1) is 18.5. The van der Waals surface area contributed by atoms with E-state index in [0.29, 0.717) is 29.2 Å². The Morgan fingerprint density at radius 1 is 1.03 bits per heavy atom. The number of nitrogens with one attached hydrogen (secondary N) is 1. The molecule has 2 unspecified atom stereocenters. The van der Waals surface area contributed by atoms with Crippen molar-refractivity contribution < 1.29 is 4.39 Å². The lowest BCUT2D eigenvalue weighted by molar-refractivity contribution is 0.310. The largest absolute Gasteiger partial charge is 0.368 e. The van der Waals surface area contributed by atoms with Crippen molar-refractivity contribution in [2.24, 2.45) is 5.92 Å². The van der Waals surface area contributed by atoms with Crippen molar-refractivity contribution in [2.45, 2.75) is 31.7 Å². The van der Waals surface area contributed by atoms with Crippen LogP contribution in [0.2, 0.25) is 0 Å². The highest BCUT2D eigenvalue weighted by Crippen LogP contribution is 2.35. The smallest absolute Gasteiger partial charge is 0.248 e. The number of hydrogen-bond acceptors (Lipinski definition) is 8. The summed E-state index contributed by atoms with van der Waals surface area (Å²) in [5, 5.41) is 16.5. The van der Waals surface area contributed by atoms with E-state index in [9.17, 15) is 0 Å². The third kappa shape index (κ3) is 3.96. The molecule has 38 heavy (non-hydrogen) atoms. The van der Waals surface area contributed by atoms with Gasteiger partial charge in [-0.3, -0.25) is 0 Å². The summed E-state index contributed by atoms with van der Waals surface area (Å²) in [7, 11) is 2.16. The van der Waals surface area contributed by atoms with Crippen LogP contribution in [-0.2, 0) is 12.8 Å². The van der Waals surface area contributed by atoms with E-state index in [1.165, 1.54) is 22.7 Å². The maximum absolute atomic E-state index is 15.1. The zero-order valence-corrected chi connectivity index (χ0v) is 21.3. The predicted molar refractivity (Wildman–Crippen MR) is 145 cm³/mol. The molecular weight excluding hydrogens is 481 g/mol. The van der Waals surface area contributed by atoms with Gasteiger partial charge in [0, 0.05) is 30.4 Å². The third-order valence-electron chi connectivity index (χ3n) is 8.24. The second-order valence-corrected chi connectivity index (χ2v) is 10.6. The summed E-state index contributed by atoms with van der Waals surface area (Å²) in [5.41, 5.74) is 11.8. The zero-order valence-electron chi connectivity index (χ0n) is 21.3. The van der Waals surface area contributed by atoms with Crippen molar-refractivity contribution in [2.75, 3.05) is 42.6 Å². The Morgan fingerprint density at radius 2 is 1.89 bits per heavy atom. The highest BCUT2D eigenvalue weighted by atomic mass is 19.1. The van der Waals surface area contributed by atoms with E-state index in [4.69, 9.17) is 5.73 Å². The fourth-order valence-corrected chi connectivity index (χ4v) is 6.26. The summed E-state index contributed by atoms with van der Waals surface area (Å²) < 4.78 is 16.6. The summed E-state index contributed by atoms with van der Waals surface area (Å²) in [6.45, 7) is 2.89. The first-order valence-electron chi connectivity index (χ1n) is 13.2. The molecule has 3 N–H and O–H groups in total. The van der Waals surface area contributed by atoms with Crippen LogP contribution in [0.1, 0.15) is 24.0 Å². The van der Waals surface area contributed by atoms with E-state index in [-0.39, 0.29) is 17.7 Å². The average molecular weight is 512 g/mol. The molecule has 2 aromatic heterocycles. The van der Waals surface area contributed by atoms with E-state index in [1.54, 1.807) is 0 Å². The van der Waals surface area contributed by atoms with E-state index in [2.05, 4.69) is 60.6 Å². The molecule has 194 valence electrons. The lowest BCUT2D eigenvalue weighted by atomic mass is 10.0. The van der Waals surface area contributed by atoms with Crippen LogP contribution in [0.25, 0.3) is 17.1 Å². The number of nitrogens with zero attached hydrogens (tertiary/aromatic N) is 7. The van der Waals surface area contributed by atoms with E-state index in [1.807, 2.05) is 24.3 Å². The maximum Gasteiger partial charge on any atom is 0.248 e. The number of hydrogen-bond donors (Lipinski definition) is 2. The molecule has 2 aliphatic heterocycles. The Morgan fingerprint density at radius 3 is 2.76 bits per heavy atom. The van der Waals surface area contributed by atoms with Crippen molar-refractivity contribution in [1.29, 1.82) is 0 Å². The second kappa shape index (κ2) is 9.05. The molecule has 9 nitrogen and oxygen atoms in total. The average Bonchev–Trinajstić information content (AvgIpc) is 3.56. The molecule has 0 spiro atoms. The van der Waals surface area contributed by atoms with Crippen molar-refractivity contribution in [3.63, 3.8) is 0 Å². The lowest BCUT2D eigenvalue weighted by Gasteiger charge is -2.23. The number of nitrogen functional groups attached to an aromatic ring is 1. The van der Waals surface area contributed by atoms with Crippen LogP contribution in [-0.4, -0.2) is 62.6 Å². The van der Waals surface area contributed by atoms with Gasteiger partial charge in [0.1, 0.15) is 5.82 Å². The van der Waals surface area contributed by atoms with Crippen LogP contribution >= 0.6 is 0 Å². The molecule has 4 aromatic rings. The van der Waals surface area contributed by atoms with Crippen molar-refractivity contribution in [3.05, 3.63) is 65.5 Å². The molecule has 0 radical (unpaired) electrons. The fraction of sp³-hybridized carbons (Fsp3) is 0.357. The normalized spacial score (nSPS) is 20.6.